The number of nitrogens with zero attached hydrogens (tertiary/aromatic N) is 4. The van der Waals surface area contributed by atoms with Crippen LogP contribution in [0.2, 0.25) is 5.02 Å². The standard InChI is InChI=1S/C24H23ClN4O5S/c1-15-26-12-20-13-28(24(32)29(15)20)19-6-8-27(9-7-19)23(31)22(30)14-35(33,34)21-5-3-16-10-18(25)4-2-17(16)11-21/h2-5,10-12,19H,6-9,13-14H2,1H3. The number of carbonyl (C=O) groups is 3. The minimum Gasteiger partial charge on any atom is -0.336 e. The van der Waals surface area contributed by atoms with Gasteiger partial charge in [0.2, 0.25) is 5.78 Å². The van der Waals surface area contributed by atoms with Crippen LogP contribution in [-0.4, -0.2) is 70.4 Å². The predicted octanol–water partition coefficient (Wildman–Crippen LogP) is 2.82. The number of benzene rings is 2. The maximum atomic E-state index is 12.8. The van der Waals surface area contributed by atoms with Crippen molar-refractivity contribution in [2.75, 3.05) is 18.8 Å². The lowest BCUT2D eigenvalue weighted by molar-refractivity contribution is -0.144. The van der Waals surface area contributed by atoms with Crippen LogP contribution in [0.15, 0.2) is 47.5 Å². The monoisotopic (exact) mass is 514 g/mol. The van der Waals surface area contributed by atoms with Gasteiger partial charge in [0.15, 0.2) is 9.84 Å². The third kappa shape index (κ3) is 4.32. The molecule has 1 saturated heterocycles. The van der Waals surface area contributed by atoms with E-state index in [4.69, 9.17) is 11.6 Å². The minimum atomic E-state index is -4.00. The Hall–Kier alpha value is -3.24. The van der Waals surface area contributed by atoms with Gasteiger partial charge in [0.25, 0.3) is 5.91 Å². The van der Waals surface area contributed by atoms with Crippen LogP contribution in [0.1, 0.15) is 24.4 Å². The predicted molar refractivity (Wildman–Crippen MR) is 129 cm³/mol. The van der Waals surface area contributed by atoms with E-state index in [1.165, 1.54) is 17.0 Å². The Labute approximate surface area is 207 Å². The van der Waals surface area contributed by atoms with E-state index >= 15 is 0 Å². The average molecular weight is 515 g/mol. The van der Waals surface area contributed by atoms with Gasteiger partial charge in [-0.25, -0.2) is 18.2 Å². The summed E-state index contributed by atoms with van der Waals surface area (Å²) in [5.41, 5.74) is 0.836. The lowest BCUT2D eigenvalue weighted by Gasteiger charge is -2.36. The fraction of sp³-hybridized carbons (Fsp3) is 0.333. The molecule has 35 heavy (non-hydrogen) atoms. The summed E-state index contributed by atoms with van der Waals surface area (Å²) < 4.78 is 27.3. The van der Waals surface area contributed by atoms with Gasteiger partial charge in [0.05, 0.1) is 23.3 Å². The molecule has 1 aromatic heterocycles. The van der Waals surface area contributed by atoms with Crippen molar-refractivity contribution in [2.45, 2.75) is 37.2 Å². The number of likely N-dealkylation sites (tertiary alicyclic amines) is 1. The van der Waals surface area contributed by atoms with Crippen molar-refractivity contribution in [3.63, 3.8) is 0 Å². The third-order valence-electron chi connectivity index (χ3n) is 6.67. The van der Waals surface area contributed by atoms with Crippen LogP contribution in [0.25, 0.3) is 10.8 Å². The van der Waals surface area contributed by atoms with Crippen LogP contribution < -0.4 is 0 Å². The van der Waals surface area contributed by atoms with Gasteiger partial charge in [-0.2, -0.15) is 0 Å². The number of piperidine rings is 1. The number of sulfone groups is 1. The number of halogens is 1. The third-order valence-corrected chi connectivity index (χ3v) is 8.52. The van der Waals surface area contributed by atoms with Crippen LogP contribution in [0.4, 0.5) is 4.79 Å². The Balaban J connectivity index is 1.21. The van der Waals surface area contributed by atoms with E-state index in [9.17, 15) is 22.8 Å². The Morgan fingerprint density at radius 1 is 1.09 bits per heavy atom. The van der Waals surface area contributed by atoms with Gasteiger partial charge in [-0.05, 0) is 54.8 Å². The summed E-state index contributed by atoms with van der Waals surface area (Å²) in [5, 5.41) is 1.98. The molecule has 0 aliphatic carbocycles. The zero-order valence-electron chi connectivity index (χ0n) is 19.0. The molecular weight excluding hydrogens is 492 g/mol. The molecule has 0 bridgehead atoms. The summed E-state index contributed by atoms with van der Waals surface area (Å²) in [6.07, 6.45) is 2.72. The number of Topliss-reactive ketones (excluding diaryl/α,β-unsaturated/α-hetero) is 1. The molecule has 3 aromatic rings. The van der Waals surface area contributed by atoms with Gasteiger partial charge in [-0.15, -0.1) is 0 Å². The first-order valence-electron chi connectivity index (χ1n) is 11.2. The van der Waals surface area contributed by atoms with Crippen molar-refractivity contribution in [1.29, 1.82) is 0 Å². The molecule has 11 heteroatoms. The fourth-order valence-electron chi connectivity index (χ4n) is 4.78. The molecule has 0 radical (unpaired) electrons. The lowest BCUT2D eigenvalue weighted by atomic mass is 10.0. The van der Waals surface area contributed by atoms with Crippen LogP contribution >= 0.6 is 11.6 Å². The molecule has 0 saturated carbocycles. The van der Waals surface area contributed by atoms with E-state index in [1.54, 1.807) is 46.9 Å². The number of rotatable bonds is 5. The Morgan fingerprint density at radius 3 is 2.49 bits per heavy atom. The number of amides is 2. The summed E-state index contributed by atoms with van der Waals surface area (Å²) in [6.45, 7) is 2.80. The van der Waals surface area contributed by atoms with E-state index in [2.05, 4.69) is 4.98 Å². The number of fused-ring (bicyclic) bond motifs is 2. The van der Waals surface area contributed by atoms with Crippen molar-refractivity contribution < 1.29 is 22.8 Å². The van der Waals surface area contributed by atoms with Crippen molar-refractivity contribution >= 4 is 49.9 Å². The molecule has 3 heterocycles. The highest BCUT2D eigenvalue weighted by molar-refractivity contribution is 7.92. The molecule has 2 aliphatic heterocycles. The SMILES string of the molecule is Cc1ncc2n1C(=O)N(C1CCN(C(=O)C(=O)CS(=O)(=O)c3ccc4cc(Cl)ccc4c3)CC1)C2. The second-order valence-electron chi connectivity index (χ2n) is 8.90. The minimum absolute atomic E-state index is 0.0200. The number of hydrogen-bond acceptors (Lipinski definition) is 6. The molecule has 2 aliphatic rings. The van der Waals surface area contributed by atoms with Crippen molar-refractivity contribution in [2.24, 2.45) is 0 Å². The smallest absolute Gasteiger partial charge is 0.330 e. The molecule has 0 N–H and O–H groups in total. The molecule has 2 amide bonds. The molecular formula is C24H23ClN4O5S. The zero-order chi connectivity index (χ0) is 24.9. The molecule has 5 rings (SSSR count). The average Bonchev–Trinajstić information content (AvgIpc) is 3.37. The molecule has 0 atom stereocenters. The summed E-state index contributed by atoms with van der Waals surface area (Å²) in [5.74, 6) is -2.02. The maximum absolute atomic E-state index is 12.8. The molecule has 0 unspecified atom stereocenters. The quantitative estimate of drug-likeness (QED) is 0.484. The van der Waals surface area contributed by atoms with Gasteiger partial charge in [-0.3, -0.25) is 14.2 Å². The number of carbonyl (C=O) groups excluding carboxylic acids is 3. The normalized spacial score (nSPS) is 16.7. The zero-order valence-corrected chi connectivity index (χ0v) is 20.6. The highest BCUT2D eigenvalue weighted by Crippen LogP contribution is 2.27. The van der Waals surface area contributed by atoms with Crippen LogP contribution in [0.5, 0.6) is 0 Å². The fourth-order valence-corrected chi connectivity index (χ4v) is 6.18. The van der Waals surface area contributed by atoms with E-state index < -0.39 is 27.3 Å². The van der Waals surface area contributed by atoms with Crippen molar-refractivity contribution in [3.8, 4) is 0 Å². The Morgan fingerprint density at radius 2 is 1.77 bits per heavy atom. The van der Waals surface area contributed by atoms with Gasteiger partial charge in [0.1, 0.15) is 11.6 Å². The Bertz CT molecular complexity index is 1470. The van der Waals surface area contributed by atoms with Crippen molar-refractivity contribution in [3.05, 3.63) is 59.1 Å². The first-order valence-corrected chi connectivity index (χ1v) is 13.3. The molecule has 0 spiro atoms. The van der Waals surface area contributed by atoms with Gasteiger partial charge < -0.3 is 9.80 Å². The highest BCUT2D eigenvalue weighted by atomic mass is 35.5. The van der Waals surface area contributed by atoms with Gasteiger partial charge >= 0.3 is 6.03 Å². The molecule has 1 fully saturated rings. The topological polar surface area (TPSA) is 110 Å². The van der Waals surface area contributed by atoms with Crippen molar-refractivity contribution in [1.82, 2.24) is 19.4 Å². The van der Waals surface area contributed by atoms with E-state index in [0.717, 1.165) is 11.1 Å². The van der Waals surface area contributed by atoms with E-state index in [-0.39, 0.29) is 30.1 Å². The summed E-state index contributed by atoms with van der Waals surface area (Å²) in [4.78, 5) is 45.4. The van der Waals surface area contributed by atoms with E-state index in [1.807, 2.05) is 0 Å². The summed E-state index contributed by atoms with van der Waals surface area (Å²) >= 11 is 5.97. The first-order chi connectivity index (χ1) is 16.6. The van der Waals surface area contributed by atoms with Crippen LogP contribution in [0, 0.1) is 6.92 Å². The van der Waals surface area contributed by atoms with Crippen LogP contribution in [0.3, 0.4) is 0 Å². The van der Waals surface area contributed by atoms with Crippen LogP contribution in [-0.2, 0) is 26.0 Å². The summed E-state index contributed by atoms with van der Waals surface area (Å²) in [7, 11) is -4.00. The molecule has 182 valence electrons. The lowest BCUT2D eigenvalue weighted by Crippen LogP contribution is -2.49. The number of aromatic nitrogens is 2. The first kappa shape index (κ1) is 23.5. The Kier molecular flexibility index (Phi) is 5.88. The molecule has 9 nitrogen and oxygen atoms in total. The number of aryl methyl sites for hydroxylation is 1. The largest absolute Gasteiger partial charge is 0.336 e. The van der Waals surface area contributed by atoms with E-state index in [0.29, 0.717) is 35.6 Å². The second kappa shape index (κ2) is 8.76. The number of ketones is 1. The number of hydrogen-bond donors (Lipinski definition) is 0. The second-order valence-corrected chi connectivity index (χ2v) is 11.3. The van der Waals surface area contributed by atoms with Gasteiger partial charge in [-0.1, -0.05) is 23.7 Å². The highest BCUT2D eigenvalue weighted by Gasteiger charge is 2.37. The molecule has 2 aromatic carbocycles. The maximum Gasteiger partial charge on any atom is 0.330 e. The number of imidazole rings is 1. The summed E-state index contributed by atoms with van der Waals surface area (Å²) in [6, 6.07) is 9.41. The van der Waals surface area contributed by atoms with Gasteiger partial charge in [0, 0.05) is 24.2 Å².